The lowest BCUT2D eigenvalue weighted by Crippen LogP contribution is -2.04. The first-order valence-corrected chi connectivity index (χ1v) is 5.35. The molecule has 0 aliphatic heterocycles. The van der Waals surface area contributed by atoms with Crippen LogP contribution in [0.2, 0.25) is 5.02 Å². The fraction of sp³-hybridized carbons (Fsp3) is 0. The van der Waals surface area contributed by atoms with E-state index in [1.165, 1.54) is 6.20 Å². The smallest absolute Gasteiger partial charge is 0.179 e. The molecule has 0 atom stereocenters. The number of hydrogen-bond donors (Lipinski definition) is 1. The van der Waals surface area contributed by atoms with Crippen molar-refractivity contribution >= 4 is 28.3 Å². The molecule has 0 aliphatic rings. The number of pyridine rings is 1. The summed E-state index contributed by atoms with van der Waals surface area (Å²) in [5.41, 5.74) is 7.98. The number of aromatic nitrogens is 4. The molecule has 2 N–H and O–H groups in total. The van der Waals surface area contributed by atoms with Crippen LogP contribution >= 0.6 is 11.6 Å². The van der Waals surface area contributed by atoms with Gasteiger partial charge in [-0.15, -0.1) is 5.10 Å². The second-order valence-corrected chi connectivity index (χ2v) is 3.99. The molecule has 0 unspecified atom stereocenters. The minimum absolute atomic E-state index is 0.466. The van der Waals surface area contributed by atoms with Gasteiger partial charge in [-0.05, 0) is 18.2 Å². The van der Waals surface area contributed by atoms with Gasteiger partial charge >= 0.3 is 0 Å². The SMILES string of the molecule is Nc1cc(Cl)cnc1-n1nnc2ccccc21. The largest absolute Gasteiger partial charge is 0.396 e. The van der Waals surface area contributed by atoms with Crippen molar-refractivity contribution in [3.05, 3.63) is 41.6 Å². The van der Waals surface area contributed by atoms with Crippen LogP contribution < -0.4 is 5.73 Å². The minimum atomic E-state index is 0.466. The summed E-state index contributed by atoms with van der Waals surface area (Å²) in [4.78, 5) is 4.17. The molecule has 6 heteroatoms. The summed E-state index contributed by atoms with van der Waals surface area (Å²) in [6, 6.07) is 9.24. The third-order valence-corrected chi connectivity index (χ3v) is 2.62. The number of rotatable bonds is 1. The van der Waals surface area contributed by atoms with Gasteiger partial charge in [0.05, 0.1) is 16.2 Å². The second kappa shape index (κ2) is 3.71. The van der Waals surface area contributed by atoms with E-state index in [9.17, 15) is 0 Å². The normalized spacial score (nSPS) is 10.9. The van der Waals surface area contributed by atoms with E-state index in [0.29, 0.717) is 16.5 Å². The van der Waals surface area contributed by atoms with Gasteiger partial charge in [-0.3, -0.25) is 0 Å². The zero-order valence-corrected chi connectivity index (χ0v) is 9.46. The summed E-state index contributed by atoms with van der Waals surface area (Å²) >= 11 is 5.81. The third-order valence-electron chi connectivity index (χ3n) is 2.41. The Labute approximate surface area is 102 Å². The predicted octanol–water partition coefficient (Wildman–Crippen LogP) is 2.05. The molecule has 0 saturated heterocycles. The molecule has 1 aromatic carbocycles. The van der Waals surface area contributed by atoms with Crippen molar-refractivity contribution < 1.29 is 0 Å². The van der Waals surface area contributed by atoms with E-state index in [1.54, 1.807) is 10.7 Å². The van der Waals surface area contributed by atoms with Crippen LogP contribution in [0.5, 0.6) is 0 Å². The van der Waals surface area contributed by atoms with Crippen LogP contribution in [0.1, 0.15) is 0 Å². The van der Waals surface area contributed by atoms with Crippen LogP contribution in [0, 0.1) is 0 Å². The van der Waals surface area contributed by atoms with Crippen molar-refractivity contribution in [2.45, 2.75) is 0 Å². The van der Waals surface area contributed by atoms with Gasteiger partial charge in [-0.25, -0.2) is 4.98 Å². The van der Waals surface area contributed by atoms with Crippen LogP contribution in [0.25, 0.3) is 16.9 Å². The van der Waals surface area contributed by atoms with Crippen LogP contribution in [-0.2, 0) is 0 Å². The summed E-state index contributed by atoms with van der Waals surface area (Å²) in [6.07, 6.45) is 1.53. The maximum Gasteiger partial charge on any atom is 0.179 e. The molecule has 84 valence electrons. The van der Waals surface area contributed by atoms with Crippen LogP contribution in [0.15, 0.2) is 36.5 Å². The summed E-state index contributed by atoms with van der Waals surface area (Å²) in [5.74, 6) is 0.531. The van der Waals surface area contributed by atoms with Gasteiger partial charge in [-0.1, -0.05) is 28.9 Å². The number of benzene rings is 1. The third kappa shape index (κ3) is 1.60. The van der Waals surface area contributed by atoms with Gasteiger partial charge in [0.25, 0.3) is 0 Å². The average Bonchev–Trinajstić information content (AvgIpc) is 2.73. The lowest BCUT2D eigenvalue weighted by molar-refractivity contribution is 0.804. The highest BCUT2D eigenvalue weighted by Gasteiger charge is 2.10. The maximum absolute atomic E-state index is 5.87. The molecule has 0 fully saturated rings. The van der Waals surface area contributed by atoms with Crippen LogP contribution in [0.3, 0.4) is 0 Å². The first-order chi connectivity index (χ1) is 8.25. The summed E-state index contributed by atoms with van der Waals surface area (Å²) in [5, 5.41) is 8.58. The molecule has 0 radical (unpaired) electrons. The van der Waals surface area contributed by atoms with Gasteiger partial charge in [0.1, 0.15) is 5.52 Å². The predicted molar refractivity (Wildman–Crippen MR) is 66.1 cm³/mol. The van der Waals surface area contributed by atoms with Gasteiger partial charge in [0, 0.05) is 6.20 Å². The van der Waals surface area contributed by atoms with E-state index in [-0.39, 0.29) is 0 Å². The van der Waals surface area contributed by atoms with Crippen molar-refractivity contribution in [2.75, 3.05) is 5.73 Å². The van der Waals surface area contributed by atoms with Crippen molar-refractivity contribution in [2.24, 2.45) is 0 Å². The van der Waals surface area contributed by atoms with E-state index >= 15 is 0 Å². The number of nitrogen functional groups attached to an aromatic ring is 1. The molecule has 0 amide bonds. The van der Waals surface area contributed by atoms with E-state index < -0.39 is 0 Å². The van der Waals surface area contributed by atoms with Crippen LogP contribution in [0.4, 0.5) is 5.69 Å². The van der Waals surface area contributed by atoms with Gasteiger partial charge in [-0.2, -0.15) is 4.68 Å². The first-order valence-electron chi connectivity index (χ1n) is 4.97. The van der Waals surface area contributed by atoms with E-state index in [2.05, 4.69) is 15.3 Å². The first kappa shape index (κ1) is 10.0. The van der Waals surface area contributed by atoms with Gasteiger partial charge < -0.3 is 5.73 Å². The molecule has 3 aromatic rings. The topological polar surface area (TPSA) is 69.6 Å². The van der Waals surface area contributed by atoms with Crippen molar-refractivity contribution in [1.82, 2.24) is 20.0 Å². The summed E-state index contributed by atoms with van der Waals surface area (Å²) in [7, 11) is 0. The number of hydrogen-bond acceptors (Lipinski definition) is 4. The van der Waals surface area contributed by atoms with Crippen molar-refractivity contribution in [3.8, 4) is 5.82 Å². The number of para-hydroxylation sites is 1. The average molecular weight is 246 g/mol. The fourth-order valence-electron chi connectivity index (χ4n) is 1.65. The summed E-state index contributed by atoms with van der Waals surface area (Å²) in [6.45, 7) is 0. The Bertz CT molecular complexity index is 691. The standard InChI is InChI=1S/C11H8ClN5/c12-7-5-8(13)11(14-6-7)17-10-4-2-1-3-9(10)15-16-17/h1-6H,13H2. The highest BCUT2D eigenvalue weighted by Crippen LogP contribution is 2.21. The molecule has 17 heavy (non-hydrogen) atoms. The molecule has 2 heterocycles. The molecule has 2 aromatic heterocycles. The number of nitrogens with two attached hydrogens (primary N) is 1. The Morgan fingerprint density at radius 1 is 1.24 bits per heavy atom. The Morgan fingerprint density at radius 3 is 2.88 bits per heavy atom. The quantitative estimate of drug-likeness (QED) is 0.712. The molecule has 0 aliphatic carbocycles. The fourth-order valence-corrected chi connectivity index (χ4v) is 1.82. The monoisotopic (exact) mass is 245 g/mol. The molecule has 0 bridgehead atoms. The van der Waals surface area contributed by atoms with Crippen molar-refractivity contribution in [3.63, 3.8) is 0 Å². The van der Waals surface area contributed by atoms with E-state index in [4.69, 9.17) is 17.3 Å². The Hall–Kier alpha value is -2.14. The lowest BCUT2D eigenvalue weighted by Gasteiger charge is -2.04. The molecular formula is C11H8ClN5. The highest BCUT2D eigenvalue weighted by atomic mass is 35.5. The Kier molecular flexibility index (Phi) is 2.19. The lowest BCUT2D eigenvalue weighted by atomic mass is 10.3. The number of halogens is 1. The minimum Gasteiger partial charge on any atom is -0.396 e. The molecule has 0 spiro atoms. The van der Waals surface area contributed by atoms with Crippen LogP contribution in [-0.4, -0.2) is 20.0 Å². The maximum atomic E-state index is 5.87. The Morgan fingerprint density at radius 2 is 2.06 bits per heavy atom. The Balaban J connectivity index is 2.27. The number of fused-ring (bicyclic) bond motifs is 1. The van der Waals surface area contributed by atoms with E-state index in [0.717, 1.165) is 11.0 Å². The number of nitrogens with zero attached hydrogens (tertiary/aromatic N) is 4. The second-order valence-electron chi connectivity index (χ2n) is 3.56. The zero-order chi connectivity index (χ0) is 11.8. The molecule has 3 rings (SSSR count). The molecular weight excluding hydrogens is 238 g/mol. The van der Waals surface area contributed by atoms with E-state index in [1.807, 2.05) is 24.3 Å². The van der Waals surface area contributed by atoms with Gasteiger partial charge in [0.2, 0.25) is 0 Å². The highest BCUT2D eigenvalue weighted by molar-refractivity contribution is 6.30. The number of anilines is 1. The van der Waals surface area contributed by atoms with Gasteiger partial charge in [0.15, 0.2) is 5.82 Å². The molecule has 5 nitrogen and oxygen atoms in total. The zero-order valence-electron chi connectivity index (χ0n) is 8.71. The summed E-state index contributed by atoms with van der Waals surface area (Å²) < 4.78 is 1.60. The van der Waals surface area contributed by atoms with Crippen molar-refractivity contribution in [1.29, 1.82) is 0 Å². The molecule has 0 saturated carbocycles.